The highest BCUT2D eigenvalue weighted by Gasteiger charge is 2.37. The number of amides is 2. The fourth-order valence-corrected chi connectivity index (χ4v) is 3.29. The van der Waals surface area contributed by atoms with Gasteiger partial charge in [0.25, 0.3) is 0 Å². The molecule has 2 amide bonds. The minimum absolute atomic E-state index is 0.134. The van der Waals surface area contributed by atoms with E-state index in [9.17, 15) is 9.59 Å². The highest BCUT2D eigenvalue weighted by atomic mass is 16.2. The van der Waals surface area contributed by atoms with Crippen molar-refractivity contribution in [3.8, 4) is 0 Å². The van der Waals surface area contributed by atoms with E-state index in [-0.39, 0.29) is 17.4 Å². The Morgan fingerprint density at radius 1 is 1.24 bits per heavy atom. The first-order chi connectivity index (χ1) is 11.7. The van der Waals surface area contributed by atoms with Gasteiger partial charge in [-0.2, -0.15) is 5.10 Å². The van der Waals surface area contributed by atoms with Crippen molar-refractivity contribution in [3.63, 3.8) is 0 Å². The summed E-state index contributed by atoms with van der Waals surface area (Å²) in [5, 5.41) is 7.44. The Balaban J connectivity index is 1.89. The van der Waals surface area contributed by atoms with Crippen LogP contribution in [0.3, 0.4) is 0 Å². The molecular formula is C19H24N4O2. The van der Waals surface area contributed by atoms with Crippen LogP contribution in [0.4, 0.5) is 11.5 Å². The minimum atomic E-state index is -0.543. The Kier molecular flexibility index (Phi) is 4.14. The van der Waals surface area contributed by atoms with E-state index >= 15 is 0 Å². The Bertz CT molecular complexity index is 832. The molecule has 25 heavy (non-hydrogen) atoms. The predicted molar refractivity (Wildman–Crippen MR) is 97.7 cm³/mol. The fraction of sp³-hybridized carbons (Fsp3) is 0.421. The highest BCUT2D eigenvalue weighted by Crippen LogP contribution is 2.33. The summed E-state index contributed by atoms with van der Waals surface area (Å²) in [5.74, 6) is 0.317. The zero-order valence-corrected chi connectivity index (χ0v) is 15.3. The third kappa shape index (κ3) is 3.16. The number of rotatable bonds is 2. The van der Waals surface area contributed by atoms with Gasteiger partial charge in [0.2, 0.25) is 11.8 Å². The lowest BCUT2D eigenvalue weighted by molar-refractivity contribution is -0.122. The van der Waals surface area contributed by atoms with E-state index in [1.165, 1.54) is 6.92 Å². The van der Waals surface area contributed by atoms with Crippen molar-refractivity contribution >= 4 is 23.3 Å². The van der Waals surface area contributed by atoms with E-state index in [0.717, 1.165) is 16.9 Å². The van der Waals surface area contributed by atoms with Gasteiger partial charge < -0.3 is 5.32 Å². The summed E-state index contributed by atoms with van der Waals surface area (Å²) in [6.07, 6.45) is 0.518. The molecule has 0 radical (unpaired) electrons. The maximum atomic E-state index is 12.9. The van der Waals surface area contributed by atoms with Gasteiger partial charge in [-0.05, 0) is 39.3 Å². The minimum Gasteiger partial charge on any atom is -0.309 e. The Morgan fingerprint density at radius 2 is 1.92 bits per heavy atom. The smallest absolute Gasteiger partial charge is 0.249 e. The van der Waals surface area contributed by atoms with Crippen molar-refractivity contribution < 1.29 is 9.59 Å². The van der Waals surface area contributed by atoms with Gasteiger partial charge in [0.05, 0.1) is 11.2 Å². The molecular weight excluding hydrogens is 316 g/mol. The van der Waals surface area contributed by atoms with Gasteiger partial charge in [-0.15, -0.1) is 0 Å². The van der Waals surface area contributed by atoms with Crippen LogP contribution in [0.15, 0.2) is 30.3 Å². The van der Waals surface area contributed by atoms with Crippen LogP contribution in [0.5, 0.6) is 0 Å². The van der Waals surface area contributed by atoms with Crippen LogP contribution in [-0.4, -0.2) is 27.6 Å². The van der Waals surface area contributed by atoms with Crippen LogP contribution >= 0.6 is 0 Å². The lowest BCUT2D eigenvalue weighted by Gasteiger charge is -2.25. The second kappa shape index (κ2) is 6.02. The molecule has 1 aliphatic heterocycles. The van der Waals surface area contributed by atoms with Gasteiger partial charge in [-0.25, -0.2) is 4.68 Å². The number of aromatic nitrogens is 2. The average Bonchev–Trinajstić information content (AvgIpc) is 3.07. The SMILES string of the molecule is CC(=O)N1c2ccccc2C[C@H]1C(=O)Nc1cc(C)nn1C(C)(C)C. The summed E-state index contributed by atoms with van der Waals surface area (Å²) in [4.78, 5) is 26.7. The molecule has 2 heterocycles. The Hall–Kier alpha value is -2.63. The average molecular weight is 340 g/mol. The van der Waals surface area contributed by atoms with E-state index in [0.29, 0.717) is 12.2 Å². The molecule has 0 unspecified atom stereocenters. The summed E-state index contributed by atoms with van der Waals surface area (Å²) >= 11 is 0. The van der Waals surface area contributed by atoms with Crippen molar-refractivity contribution in [1.29, 1.82) is 0 Å². The number of benzene rings is 1. The molecule has 6 heteroatoms. The number of hydrogen-bond acceptors (Lipinski definition) is 3. The van der Waals surface area contributed by atoms with Crippen LogP contribution in [0.25, 0.3) is 0 Å². The number of nitrogens with one attached hydrogen (secondary N) is 1. The first kappa shape index (κ1) is 17.2. The number of anilines is 2. The van der Waals surface area contributed by atoms with E-state index in [2.05, 4.69) is 10.4 Å². The van der Waals surface area contributed by atoms with Crippen molar-refractivity contribution in [2.24, 2.45) is 0 Å². The molecule has 0 aliphatic carbocycles. The quantitative estimate of drug-likeness (QED) is 0.914. The molecule has 1 aromatic heterocycles. The maximum Gasteiger partial charge on any atom is 0.249 e. The summed E-state index contributed by atoms with van der Waals surface area (Å²) < 4.78 is 1.81. The zero-order valence-electron chi connectivity index (χ0n) is 15.3. The Labute approximate surface area is 147 Å². The molecule has 1 atom stereocenters. The molecule has 2 aromatic rings. The topological polar surface area (TPSA) is 67.2 Å². The van der Waals surface area contributed by atoms with E-state index in [1.54, 1.807) is 9.58 Å². The van der Waals surface area contributed by atoms with Crippen LogP contribution in [0, 0.1) is 6.92 Å². The number of para-hydroxylation sites is 1. The van der Waals surface area contributed by atoms with E-state index < -0.39 is 6.04 Å². The van der Waals surface area contributed by atoms with Crippen LogP contribution < -0.4 is 10.2 Å². The molecule has 3 rings (SSSR count). The molecule has 6 nitrogen and oxygen atoms in total. The molecule has 0 saturated carbocycles. The van der Waals surface area contributed by atoms with Gasteiger partial charge in [-0.1, -0.05) is 18.2 Å². The van der Waals surface area contributed by atoms with Gasteiger partial charge >= 0.3 is 0 Å². The van der Waals surface area contributed by atoms with Crippen molar-refractivity contribution in [2.45, 2.75) is 52.6 Å². The van der Waals surface area contributed by atoms with Crippen LogP contribution in [0.2, 0.25) is 0 Å². The van der Waals surface area contributed by atoms with Crippen molar-refractivity contribution in [3.05, 3.63) is 41.6 Å². The molecule has 1 aromatic carbocycles. The van der Waals surface area contributed by atoms with Gasteiger partial charge in [0.1, 0.15) is 11.9 Å². The number of carbonyl (C=O) groups is 2. The molecule has 0 spiro atoms. The molecule has 0 bridgehead atoms. The van der Waals surface area contributed by atoms with Crippen LogP contribution in [-0.2, 0) is 21.5 Å². The molecule has 1 N–H and O–H groups in total. The number of hydrogen-bond donors (Lipinski definition) is 1. The molecule has 132 valence electrons. The molecule has 0 saturated heterocycles. The van der Waals surface area contributed by atoms with Gasteiger partial charge in [0, 0.05) is 25.1 Å². The lowest BCUT2D eigenvalue weighted by atomic mass is 10.1. The third-order valence-electron chi connectivity index (χ3n) is 4.34. The summed E-state index contributed by atoms with van der Waals surface area (Å²) in [6.45, 7) is 9.48. The predicted octanol–water partition coefficient (Wildman–Crippen LogP) is 2.86. The second-order valence-corrected chi connectivity index (χ2v) is 7.48. The summed E-state index contributed by atoms with van der Waals surface area (Å²) in [5.41, 5.74) is 2.41. The number of nitrogens with zero attached hydrogens (tertiary/aromatic N) is 3. The van der Waals surface area contributed by atoms with Crippen molar-refractivity contribution in [1.82, 2.24) is 9.78 Å². The number of fused-ring (bicyclic) bond motifs is 1. The van der Waals surface area contributed by atoms with E-state index in [4.69, 9.17) is 0 Å². The normalized spacial score (nSPS) is 16.7. The highest BCUT2D eigenvalue weighted by molar-refractivity contribution is 6.06. The summed E-state index contributed by atoms with van der Waals surface area (Å²) in [6, 6.07) is 8.96. The van der Waals surface area contributed by atoms with Crippen LogP contribution in [0.1, 0.15) is 39.0 Å². The maximum absolute atomic E-state index is 12.9. The van der Waals surface area contributed by atoms with Gasteiger partial charge in [0.15, 0.2) is 0 Å². The standard InChI is InChI=1S/C19H24N4O2/c1-12-10-17(23(21-12)19(3,4)5)20-18(25)16-11-14-8-6-7-9-15(14)22(16)13(2)24/h6-10,16H,11H2,1-5H3,(H,20,25)/t16-/m0/s1. The molecule has 0 fully saturated rings. The monoisotopic (exact) mass is 340 g/mol. The largest absolute Gasteiger partial charge is 0.309 e. The lowest BCUT2D eigenvalue weighted by Crippen LogP contribution is -2.45. The third-order valence-corrected chi connectivity index (χ3v) is 4.34. The van der Waals surface area contributed by atoms with E-state index in [1.807, 2.05) is 58.0 Å². The fourth-order valence-electron chi connectivity index (χ4n) is 3.29. The zero-order chi connectivity index (χ0) is 18.4. The second-order valence-electron chi connectivity index (χ2n) is 7.48. The van der Waals surface area contributed by atoms with Gasteiger partial charge in [-0.3, -0.25) is 14.5 Å². The molecule has 1 aliphatic rings. The number of carbonyl (C=O) groups excluding carboxylic acids is 2. The Morgan fingerprint density at radius 3 is 2.56 bits per heavy atom. The summed E-state index contributed by atoms with van der Waals surface area (Å²) in [7, 11) is 0. The number of aryl methyl sites for hydroxylation is 1. The first-order valence-electron chi connectivity index (χ1n) is 8.44. The van der Waals surface area contributed by atoms with Crippen molar-refractivity contribution in [2.75, 3.05) is 10.2 Å². The first-order valence-corrected chi connectivity index (χ1v) is 8.44.